The number of ether oxygens (including phenoxy) is 2. The quantitative estimate of drug-likeness (QED) is 0.158. The van der Waals surface area contributed by atoms with E-state index in [4.69, 9.17) is 9.47 Å². The lowest BCUT2D eigenvalue weighted by Gasteiger charge is -2.13. The second-order valence-corrected chi connectivity index (χ2v) is 8.27. The van der Waals surface area contributed by atoms with Crippen molar-refractivity contribution >= 4 is 29.4 Å². The van der Waals surface area contributed by atoms with Crippen molar-refractivity contribution in [2.45, 2.75) is 13.0 Å². The summed E-state index contributed by atoms with van der Waals surface area (Å²) in [6, 6.07) is 27.9. The smallest absolute Gasteiger partial charge is 0.353 e. The Morgan fingerprint density at radius 3 is 2.21 bits per heavy atom. The Labute approximate surface area is 201 Å². The van der Waals surface area contributed by atoms with Gasteiger partial charge in [0.2, 0.25) is 0 Å². The Bertz CT molecular complexity index is 1250. The fraction of sp³-hybridized carbons (Fsp3) is 0.0741. The molecular formula is C27H22N2O4S. The zero-order chi connectivity index (χ0) is 23.8. The molecule has 1 N–H and O–H groups in total. The summed E-state index contributed by atoms with van der Waals surface area (Å²) >= 11 is 1.32. The number of esters is 1. The molecule has 0 saturated heterocycles. The van der Waals surface area contributed by atoms with Crippen LogP contribution in [0.4, 0.5) is 0 Å². The number of hydrazone groups is 1. The second kappa shape index (κ2) is 11.1. The normalized spacial score (nSPS) is 11.7. The van der Waals surface area contributed by atoms with Gasteiger partial charge in [0.1, 0.15) is 16.4 Å². The number of carbonyl (C=O) groups is 2. The largest absolute Gasteiger partial charge is 0.481 e. The van der Waals surface area contributed by atoms with Gasteiger partial charge in [-0.15, -0.1) is 11.3 Å². The summed E-state index contributed by atoms with van der Waals surface area (Å²) in [6.45, 7) is 1.66. The molecule has 0 fully saturated rings. The number of amides is 1. The number of rotatable bonds is 8. The van der Waals surface area contributed by atoms with E-state index in [1.165, 1.54) is 17.6 Å². The number of benzene rings is 3. The van der Waals surface area contributed by atoms with Gasteiger partial charge < -0.3 is 9.47 Å². The Kier molecular flexibility index (Phi) is 7.47. The maximum absolute atomic E-state index is 12.3. The number of thiophene rings is 1. The lowest BCUT2D eigenvalue weighted by molar-refractivity contribution is -0.127. The van der Waals surface area contributed by atoms with Crippen molar-refractivity contribution in [3.05, 3.63) is 107 Å². The maximum atomic E-state index is 12.3. The van der Waals surface area contributed by atoms with E-state index < -0.39 is 12.1 Å². The van der Waals surface area contributed by atoms with Crippen LogP contribution in [0.5, 0.6) is 11.5 Å². The highest BCUT2D eigenvalue weighted by Crippen LogP contribution is 2.22. The van der Waals surface area contributed by atoms with E-state index in [0.29, 0.717) is 16.4 Å². The predicted octanol–water partition coefficient (Wildman–Crippen LogP) is 5.55. The van der Waals surface area contributed by atoms with E-state index in [-0.39, 0.29) is 5.91 Å². The third-order valence-electron chi connectivity index (χ3n) is 4.84. The van der Waals surface area contributed by atoms with Crippen LogP contribution in [-0.2, 0) is 4.79 Å². The summed E-state index contributed by atoms with van der Waals surface area (Å²) in [5.74, 6) is 0.260. The molecule has 1 amide bonds. The predicted molar refractivity (Wildman–Crippen MR) is 133 cm³/mol. The Morgan fingerprint density at radius 2 is 1.53 bits per heavy atom. The first kappa shape index (κ1) is 22.9. The monoisotopic (exact) mass is 470 g/mol. The first-order chi connectivity index (χ1) is 16.6. The van der Waals surface area contributed by atoms with E-state index in [9.17, 15) is 9.59 Å². The number of nitrogens with one attached hydrogen (secondary N) is 1. The molecule has 6 nitrogen and oxygen atoms in total. The minimum Gasteiger partial charge on any atom is -0.481 e. The average Bonchev–Trinajstić information content (AvgIpc) is 3.41. The van der Waals surface area contributed by atoms with Crippen molar-refractivity contribution in [3.63, 3.8) is 0 Å². The summed E-state index contributed by atoms with van der Waals surface area (Å²) in [7, 11) is 0. The van der Waals surface area contributed by atoms with Crippen LogP contribution in [0, 0.1) is 0 Å². The van der Waals surface area contributed by atoms with Gasteiger partial charge in [-0.2, -0.15) is 5.10 Å². The van der Waals surface area contributed by atoms with Crippen molar-refractivity contribution in [2.24, 2.45) is 5.10 Å². The molecule has 0 saturated carbocycles. The Morgan fingerprint density at radius 1 is 0.853 bits per heavy atom. The van der Waals surface area contributed by atoms with Gasteiger partial charge in [-0.1, -0.05) is 48.5 Å². The minimum absolute atomic E-state index is 0.370. The van der Waals surface area contributed by atoms with Gasteiger partial charge in [0.25, 0.3) is 5.91 Å². The Hall–Kier alpha value is -4.23. The van der Waals surface area contributed by atoms with Crippen LogP contribution in [0.15, 0.2) is 101 Å². The molecule has 34 heavy (non-hydrogen) atoms. The van der Waals surface area contributed by atoms with Crippen LogP contribution in [0.2, 0.25) is 0 Å². The Balaban J connectivity index is 1.25. The van der Waals surface area contributed by atoms with E-state index in [1.54, 1.807) is 43.3 Å². The van der Waals surface area contributed by atoms with Gasteiger partial charge in [0.05, 0.1) is 6.21 Å². The molecule has 0 spiro atoms. The standard InChI is InChI=1S/C27H22N2O4S/c1-19(32-23-15-11-22(12-16-23)21-6-3-2-4-7-21)26(30)29-28-18-20-9-13-24(14-10-20)33-27(31)25-8-5-17-34-25/h2-19H,1H3,(H,29,30)/b28-18-/t19-/m1/s1. The average molecular weight is 471 g/mol. The third kappa shape index (κ3) is 6.17. The molecule has 0 aliphatic carbocycles. The molecule has 1 aromatic heterocycles. The van der Waals surface area contributed by atoms with Crippen LogP contribution in [0.25, 0.3) is 11.1 Å². The molecule has 0 unspecified atom stereocenters. The van der Waals surface area contributed by atoms with Gasteiger partial charge in [0.15, 0.2) is 6.10 Å². The van der Waals surface area contributed by atoms with Crippen molar-refractivity contribution in [1.82, 2.24) is 5.43 Å². The molecule has 7 heteroatoms. The number of carbonyl (C=O) groups excluding carboxylic acids is 2. The molecule has 1 atom stereocenters. The SMILES string of the molecule is C[C@@H](Oc1ccc(-c2ccccc2)cc1)C(=O)N/N=C\c1ccc(OC(=O)c2cccs2)cc1. The van der Waals surface area contributed by atoms with Crippen LogP contribution >= 0.6 is 11.3 Å². The molecule has 4 rings (SSSR count). The zero-order valence-corrected chi connectivity index (χ0v) is 19.2. The third-order valence-corrected chi connectivity index (χ3v) is 5.69. The van der Waals surface area contributed by atoms with E-state index in [1.807, 2.05) is 60.0 Å². The summed E-state index contributed by atoms with van der Waals surface area (Å²) in [6.07, 6.45) is 0.781. The van der Waals surface area contributed by atoms with E-state index in [2.05, 4.69) is 10.5 Å². The second-order valence-electron chi connectivity index (χ2n) is 7.32. The summed E-state index contributed by atoms with van der Waals surface area (Å²) < 4.78 is 11.0. The van der Waals surface area contributed by atoms with Crippen molar-refractivity contribution < 1.29 is 19.1 Å². The lowest BCUT2D eigenvalue weighted by atomic mass is 10.1. The highest BCUT2D eigenvalue weighted by Gasteiger charge is 2.14. The number of hydrogen-bond donors (Lipinski definition) is 1. The molecule has 0 aliphatic rings. The van der Waals surface area contributed by atoms with Crippen LogP contribution in [0.3, 0.4) is 0 Å². The fourth-order valence-electron chi connectivity index (χ4n) is 3.05. The number of nitrogens with zero attached hydrogens (tertiary/aromatic N) is 1. The lowest BCUT2D eigenvalue weighted by Crippen LogP contribution is -2.33. The van der Waals surface area contributed by atoms with Crippen molar-refractivity contribution in [1.29, 1.82) is 0 Å². The first-order valence-electron chi connectivity index (χ1n) is 10.6. The molecule has 170 valence electrons. The summed E-state index contributed by atoms with van der Waals surface area (Å²) in [5, 5.41) is 5.80. The molecule has 4 aromatic rings. The molecule has 1 heterocycles. The van der Waals surface area contributed by atoms with Crippen LogP contribution < -0.4 is 14.9 Å². The molecular weight excluding hydrogens is 448 g/mol. The first-order valence-corrected chi connectivity index (χ1v) is 11.5. The van der Waals surface area contributed by atoms with E-state index in [0.717, 1.165) is 16.7 Å². The molecule has 0 aliphatic heterocycles. The minimum atomic E-state index is -0.723. The van der Waals surface area contributed by atoms with Gasteiger partial charge >= 0.3 is 5.97 Å². The van der Waals surface area contributed by atoms with Crippen molar-refractivity contribution in [3.8, 4) is 22.6 Å². The van der Waals surface area contributed by atoms with E-state index >= 15 is 0 Å². The number of hydrogen-bond acceptors (Lipinski definition) is 6. The maximum Gasteiger partial charge on any atom is 0.353 e. The zero-order valence-electron chi connectivity index (χ0n) is 18.4. The summed E-state index contributed by atoms with van der Waals surface area (Å²) in [4.78, 5) is 24.8. The topological polar surface area (TPSA) is 77.0 Å². The van der Waals surface area contributed by atoms with Gasteiger partial charge in [-0.25, -0.2) is 10.2 Å². The summed E-state index contributed by atoms with van der Waals surface area (Å²) in [5.41, 5.74) is 5.40. The molecule has 0 bridgehead atoms. The molecule has 0 radical (unpaired) electrons. The highest BCUT2D eigenvalue weighted by molar-refractivity contribution is 7.12. The van der Waals surface area contributed by atoms with Crippen molar-refractivity contribution in [2.75, 3.05) is 0 Å². The van der Waals surface area contributed by atoms with Crippen LogP contribution in [-0.4, -0.2) is 24.2 Å². The fourth-order valence-corrected chi connectivity index (χ4v) is 3.65. The van der Waals surface area contributed by atoms with Gasteiger partial charge in [0, 0.05) is 0 Å². The highest BCUT2D eigenvalue weighted by atomic mass is 32.1. The van der Waals surface area contributed by atoms with Gasteiger partial charge in [-0.3, -0.25) is 4.79 Å². The van der Waals surface area contributed by atoms with Crippen LogP contribution in [0.1, 0.15) is 22.2 Å². The molecule has 3 aromatic carbocycles. The van der Waals surface area contributed by atoms with Gasteiger partial charge in [-0.05, 0) is 71.5 Å².